The molecule has 1 N–H and O–H groups in total. The second-order valence-corrected chi connectivity index (χ2v) is 3.51. The van der Waals surface area contributed by atoms with Crippen LogP contribution in [0.4, 0.5) is 5.82 Å². The van der Waals surface area contributed by atoms with Crippen LogP contribution in [0.15, 0.2) is 12.4 Å². The number of nitrogens with zero attached hydrogens (tertiary/aromatic N) is 2. The number of hydrogen-bond donors (Lipinski definition) is 1. The molecule has 0 radical (unpaired) electrons. The zero-order valence-electron chi connectivity index (χ0n) is 8.87. The van der Waals surface area contributed by atoms with Gasteiger partial charge in [0.25, 0.3) is 0 Å². The molecule has 0 aliphatic carbocycles. The van der Waals surface area contributed by atoms with E-state index in [1.54, 1.807) is 6.20 Å². The molecule has 0 amide bonds. The van der Waals surface area contributed by atoms with E-state index in [1.807, 2.05) is 0 Å². The molecule has 0 bridgehead atoms. The average molecular weight is 230 g/mol. The van der Waals surface area contributed by atoms with Gasteiger partial charge in [-0.15, -0.1) is 0 Å². The Bertz CT molecular complexity index is 283. The molecule has 0 spiro atoms. The molecular formula is C10H16ClN3O. The predicted molar refractivity (Wildman–Crippen MR) is 61.3 cm³/mol. The van der Waals surface area contributed by atoms with E-state index in [4.69, 9.17) is 16.3 Å². The highest BCUT2D eigenvalue weighted by Crippen LogP contribution is 2.06. The first-order chi connectivity index (χ1) is 7.33. The molecule has 0 aliphatic rings. The number of ether oxygens (including phenoxy) is 1. The van der Waals surface area contributed by atoms with Gasteiger partial charge in [-0.3, -0.25) is 4.98 Å². The maximum Gasteiger partial charge on any atom is 0.149 e. The summed E-state index contributed by atoms with van der Waals surface area (Å²) < 4.78 is 5.34. The maximum atomic E-state index is 5.69. The van der Waals surface area contributed by atoms with Crippen LogP contribution in [0.2, 0.25) is 5.15 Å². The van der Waals surface area contributed by atoms with E-state index < -0.39 is 0 Å². The number of halogens is 1. The van der Waals surface area contributed by atoms with Crippen molar-refractivity contribution in [1.29, 1.82) is 0 Å². The van der Waals surface area contributed by atoms with E-state index in [0.717, 1.165) is 32.6 Å². The fraction of sp³-hybridized carbons (Fsp3) is 0.600. The summed E-state index contributed by atoms with van der Waals surface area (Å²) in [4.78, 5) is 7.98. The third-order valence-corrected chi connectivity index (χ3v) is 1.91. The van der Waals surface area contributed by atoms with Crippen LogP contribution in [0, 0.1) is 0 Å². The molecule has 1 aromatic rings. The van der Waals surface area contributed by atoms with Gasteiger partial charge in [-0.1, -0.05) is 18.5 Å². The molecule has 1 rings (SSSR count). The molecule has 0 fully saturated rings. The molecule has 1 aromatic heterocycles. The molecule has 5 heteroatoms. The first-order valence-electron chi connectivity index (χ1n) is 5.12. The average Bonchev–Trinajstić information content (AvgIpc) is 2.23. The molecule has 15 heavy (non-hydrogen) atoms. The largest absolute Gasteiger partial charge is 0.381 e. The van der Waals surface area contributed by atoms with Crippen LogP contribution in [0.1, 0.15) is 19.8 Å². The SMILES string of the molecule is CCCOCCCNc1cncc(Cl)n1. The lowest BCUT2D eigenvalue weighted by Crippen LogP contribution is -2.07. The predicted octanol–water partition coefficient (Wildman–Crippen LogP) is 2.36. The summed E-state index contributed by atoms with van der Waals surface area (Å²) in [5.74, 6) is 0.706. The lowest BCUT2D eigenvalue weighted by Gasteiger charge is -2.05. The van der Waals surface area contributed by atoms with Gasteiger partial charge in [-0.25, -0.2) is 4.98 Å². The third kappa shape index (κ3) is 5.54. The highest BCUT2D eigenvalue weighted by atomic mass is 35.5. The maximum absolute atomic E-state index is 5.69. The monoisotopic (exact) mass is 229 g/mol. The summed E-state index contributed by atoms with van der Waals surface area (Å²) in [7, 11) is 0. The van der Waals surface area contributed by atoms with Crippen molar-refractivity contribution in [2.45, 2.75) is 19.8 Å². The summed E-state index contributed by atoms with van der Waals surface area (Å²) in [5.41, 5.74) is 0. The Morgan fingerprint density at radius 3 is 3.00 bits per heavy atom. The van der Waals surface area contributed by atoms with Crippen molar-refractivity contribution in [3.8, 4) is 0 Å². The molecule has 0 aromatic carbocycles. The van der Waals surface area contributed by atoms with E-state index in [2.05, 4.69) is 22.2 Å². The molecule has 0 atom stereocenters. The van der Waals surface area contributed by atoms with Crippen LogP contribution in [-0.4, -0.2) is 29.7 Å². The van der Waals surface area contributed by atoms with Crippen LogP contribution in [0.3, 0.4) is 0 Å². The van der Waals surface area contributed by atoms with Gasteiger partial charge >= 0.3 is 0 Å². The number of aromatic nitrogens is 2. The van der Waals surface area contributed by atoms with Gasteiger partial charge < -0.3 is 10.1 Å². The number of hydrogen-bond acceptors (Lipinski definition) is 4. The van der Waals surface area contributed by atoms with Crippen molar-refractivity contribution >= 4 is 17.4 Å². The summed E-state index contributed by atoms with van der Waals surface area (Å²) >= 11 is 5.69. The minimum Gasteiger partial charge on any atom is -0.381 e. The summed E-state index contributed by atoms with van der Waals surface area (Å²) in [5, 5.41) is 3.53. The molecule has 0 unspecified atom stereocenters. The van der Waals surface area contributed by atoms with Crippen molar-refractivity contribution in [3.63, 3.8) is 0 Å². The number of rotatable bonds is 7. The molecule has 1 heterocycles. The van der Waals surface area contributed by atoms with Gasteiger partial charge in [0.15, 0.2) is 0 Å². The lowest BCUT2D eigenvalue weighted by molar-refractivity contribution is 0.134. The molecular weight excluding hydrogens is 214 g/mol. The zero-order chi connectivity index (χ0) is 10.9. The Morgan fingerprint density at radius 2 is 2.27 bits per heavy atom. The Balaban J connectivity index is 2.10. The number of nitrogens with one attached hydrogen (secondary N) is 1. The molecule has 84 valence electrons. The second-order valence-electron chi connectivity index (χ2n) is 3.12. The summed E-state index contributed by atoms with van der Waals surface area (Å²) in [6.07, 6.45) is 5.18. The lowest BCUT2D eigenvalue weighted by atomic mass is 10.4. The second kappa shape index (κ2) is 7.43. The van der Waals surface area contributed by atoms with Crippen molar-refractivity contribution in [2.75, 3.05) is 25.1 Å². The van der Waals surface area contributed by atoms with Crippen LogP contribution in [0.25, 0.3) is 0 Å². The van der Waals surface area contributed by atoms with E-state index in [9.17, 15) is 0 Å². The van der Waals surface area contributed by atoms with Gasteiger partial charge in [-0.2, -0.15) is 0 Å². The third-order valence-electron chi connectivity index (χ3n) is 1.73. The smallest absolute Gasteiger partial charge is 0.149 e. The Labute approximate surface area is 95.0 Å². The standard InChI is InChI=1S/C10H16ClN3O/c1-2-5-15-6-3-4-13-10-8-12-7-9(11)14-10/h7-8H,2-6H2,1H3,(H,13,14). The number of anilines is 1. The first-order valence-corrected chi connectivity index (χ1v) is 5.50. The highest BCUT2D eigenvalue weighted by molar-refractivity contribution is 6.29. The normalized spacial score (nSPS) is 10.3. The van der Waals surface area contributed by atoms with Crippen LogP contribution in [-0.2, 0) is 4.74 Å². The minimum atomic E-state index is 0.405. The van der Waals surface area contributed by atoms with E-state index >= 15 is 0 Å². The Hall–Kier alpha value is -0.870. The van der Waals surface area contributed by atoms with Crippen molar-refractivity contribution in [3.05, 3.63) is 17.5 Å². The molecule has 0 saturated heterocycles. The summed E-state index contributed by atoms with van der Waals surface area (Å²) in [6.45, 7) is 4.52. The van der Waals surface area contributed by atoms with E-state index in [-0.39, 0.29) is 0 Å². The van der Waals surface area contributed by atoms with Crippen LogP contribution < -0.4 is 5.32 Å². The van der Waals surface area contributed by atoms with E-state index in [0.29, 0.717) is 11.0 Å². The molecule has 0 saturated carbocycles. The highest BCUT2D eigenvalue weighted by Gasteiger charge is 1.95. The topological polar surface area (TPSA) is 47.0 Å². The van der Waals surface area contributed by atoms with Gasteiger partial charge in [0.05, 0.1) is 12.4 Å². The molecule has 0 aliphatic heterocycles. The quantitative estimate of drug-likeness (QED) is 0.730. The van der Waals surface area contributed by atoms with Gasteiger partial charge in [0.1, 0.15) is 11.0 Å². The van der Waals surface area contributed by atoms with Crippen LogP contribution in [0.5, 0.6) is 0 Å². The Morgan fingerprint density at radius 1 is 1.40 bits per heavy atom. The summed E-state index contributed by atoms with van der Waals surface area (Å²) in [6, 6.07) is 0. The van der Waals surface area contributed by atoms with E-state index in [1.165, 1.54) is 6.20 Å². The molecule has 4 nitrogen and oxygen atoms in total. The van der Waals surface area contributed by atoms with Gasteiger partial charge in [0, 0.05) is 19.8 Å². The first kappa shape index (κ1) is 12.2. The fourth-order valence-corrected chi connectivity index (χ4v) is 1.21. The van der Waals surface area contributed by atoms with Gasteiger partial charge in [0.2, 0.25) is 0 Å². The fourth-order valence-electron chi connectivity index (χ4n) is 1.06. The van der Waals surface area contributed by atoms with Crippen molar-refractivity contribution in [2.24, 2.45) is 0 Å². The van der Waals surface area contributed by atoms with Crippen molar-refractivity contribution < 1.29 is 4.74 Å². The minimum absolute atomic E-state index is 0.405. The van der Waals surface area contributed by atoms with Crippen LogP contribution >= 0.6 is 11.6 Å². The zero-order valence-corrected chi connectivity index (χ0v) is 9.63. The van der Waals surface area contributed by atoms with Crippen molar-refractivity contribution in [1.82, 2.24) is 9.97 Å². The van der Waals surface area contributed by atoms with Gasteiger partial charge in [-0.05, 0) is 12.8 Å². The Kier molecular flexibility index (Phi) is 6.04.